The van der Waals surface area contributed by atoms with Gasteiger partial charge in [0.2, 0.25) is 0 Å². The van der Waals surface area contributed by atoms with Gasteiger partial charge in [0.25, 0.3) is 0 Å². The Balaban J connectivity index is 1.46. The van der Waals surface area contributed by atoms with E-state index in [-0.39, 0.29) is 12.3 Å². The number of aromatic nitrogens is 3. The SMILES string of the molecule is O=C(O)CC1CCCN(c2cc(NC(=O)Nc3cccc(-n4c(=S)[nH][nH]c4=S)c3)ccc2Cl)C1. The van der Waals surface area contributed by atoms with Gasteiger partial charge in [-0.3, -0.25) is 19.6 Å². The van der Waals surface area contributed by atoms with Crippen molar-refractivity contribution >= 4 is 65.1 Å². The zero-order valence-electron chi connectivity index (χ0n) is 18.0. The van der Waals surface area contributed by atoms with Gasteiger partial charge >= 0.3 is 12.0 Å². The Morgan fingerprint density at radius 2 is 1.79 bits per heavy atom. The number of halogens is 1. The van der Waals surface area contributed by atoms with Crippen molar-refractivity contribution in [3.63, 3.8) is 0 Å². The maximum Gasteiger partial charge on any atom is 0.323 e. The van der Waals surface area contributed by atoms with Gasteiger partial charge in [0.1, 0.15) is 0 Å². The van der Waals surface area contributed by atoms with Gasteiger partial charge in [-0.2, -0.15) is 0 Å². The van der Waals surface area contributed by atoms with Crippen molar-refractivity contribution in [2.45, 2.75) is 19.3 Å². The van der Waals surface area contributed by atoms with E-state index in [1.165, 1.54) is 0 Å². The van der Waals surface area contributed by atoms with Gasteiger partial charge in [0.15, 0.2) is 9.54 Å². The second-order valence-corrected chi connectivity index (χ2v) is 9.22. The molecule has 2 heterocycles. The molecule has 4 rings (SSSR count). The number of piperidine rings is 1. The van der Waals surface area contributed by atoms with Crippen LogP contribution in [0.5, 0.6) is 0 Å². The topological polar surface area (TPSA) is 118 Å². The number of aromatic amines is 2. The summed E-state index contributed by atoms with van der Waals surface area (Å²) >= 11 is 16.9. The number of nitrogens with zero attached hydrogens (tertiary/aromatic N) is 2. The quantitative estimate of drug-likeness (QED) is 0.272. The lowest BCUT2D eigenvalue weighted by molar-refractivity contribution is -0.138. The Morgan fingerprint density at radius 1 is 1.09 bits per heavy atom. The first-order chi connectivity index (χ1) is 16.3. The molecule has 0 spiro atoms. The number of aliphatic carboxylic acids is 1. The van der Waals surface area contributed by atoms with Crippen molar-refractivity contribution in [2.24, 2.45) is 5.92 Å². The molecule has 1 unspecified atom stereocenters. The van der Waals surface area contributed by atoms with Crippen LogP contribution in [0.15, 0.2) is 42.5 Å². The van der Waals surface area contributed by atoms with Crippen molar-refractivity contribution < 1.29 is 14.7 Å². The molecule has 178 valence electrons. The fraction of sp³-hybridized carbons (Fsp3) is 0.273. The summed E-state index contributed by atoms with van der Waals surface area (Å²) in [6, 6.07) is 12.0. The highest BCUT2D eigenvalue weighted by atomic mass is 35.5. The van der Waals surface area contributed by atoms with E-state index in [1.807, 2.05) is 6.07 Å². The molecule has 1 saturated heterocycles. The van der Waals surface area contributed by atoms with Gasteiger partial charge in [0, 0.05) is 30.9 Å². The number of carboxylic acids is 1. The molecule has 3 aromatic rings. The summed E-state index contributed by atoms with van der Waals surface area (Å²) in [6.07, 6.45) is 1.89. The first kappa shape index (κ1) is 24.0. The van der Waals surface area contributed by atoms with E-state index in [4.69, 9.17) is 41.1 Å². The lowest BCUT2D eigenvalue weighted by Crippen LogP contribution is -2.36. The number of urea groups is 1. The van der Waals surface area contributed by atoms with Gasteiger partial charge in [-0.05, 0) is 79.6 Å². The fourth-order valence-corrected chi connectivity index (χ4v) is 4.88. The van der Waals surface area contributed by atoms with E-state index in [0.717, 1.165) is 25.1 Å². The van der Waals surface area contributed by atoms with Crippen LogP contribution in [0, 0.1) is 15.5 Å². The number of anilines is 3. The molecule has 1 aliphatic heterocycles. The lowest BCUT2D eigenvalue weighted by atomic mass is 9.94. The number of carbonyl (C=O) groups excluding carboxylic acids is 1. The third-order valence-electron chi connectivity index (χ3n) is 5.57. The Kier molecular flexibility index (Phi) is 7.35. The summed E-state index contributed by atoms with van der Waals surface area (Å²) in [5, 5.41) is 20.9. The highest BCUT2D eigenvalue weighted by molar-refractivity contribution is 7.72. The lowest BCUT2D eigenvalue weighted by Gasteiger charge is -2.34. The van der Waals surface area contributed by atoms with Crippen LogP contribution >= 0.6 is 36.0 Å². The molecule has 1 atom stereocenters. The molecule has 12 heteroatoms. The second-order valence-electron chi connectivity index (χ2n) is 8.04. The molecular formula is C22H23ClN6O3S2. The van der Waals surface area contributed by atoms with Crippen LogP contribution in [0.3, 0.4) is 0 Å². The average molecular weight is 519 g/mol. The highest BCUT2D eigenvalue weighted by Crippen LogP contribution is 2.33. The molecule has 2 amide bonds. The van der Waals surface area contributed by atoms with Crippen LogP contribution in [-0.2, 0) is 4.79 Å². The molecule has 2 aromatic carbocycles. The zero-order valence-corrected chi connectivity index (χ0v) is 20.4. The van der Waals surface area contributed by atoms with Gasteiger partial charge in [-0.25, -0.2) is 4.79 Å². The number of hydrogen-bond acceptors (Lipinski definition) is 5. The fourth-order valence-electron chi connectivity index (χ4n) is 4.09. The van der Waals surface area contributed by atoms with E-state index < -0.39 is 12.0 Å². The number of carboxylic acid groups (broad SMARTS) is 1. The maximum atomic E-state index is 12.7. The van der Waals surface area contributed by atoms with Gasteiger partial charge in [0.05, 0.1) is 16.4 Å². The number of amides is 2. The largest absolute Gasteiger partial charge is 0.481 e. The van der Waals surface area contributed by atoms with Gasteiger partial charge in [-0.1, -0.05) is 17.7 Å². The van der Waals surface area contributed by atoms with Gasteiger partial charge in [-0.15, -0.1) is 0 Å². The number of carbonyl (C=O) groups is 2. The minimum absolute atomic E-state index is 0.0660. The molecule has 1 aliphatic rings. The molecular weight excluding hydrogens is 496 g/mol. The van der Waals surface area contributed by atoms with Gasteiger partial charge < -0.3 is 20.6 Å². The predicted octanol–water partition coefficient (Wildman–Crippen LogP) is 5.58. The monoisotopic (exact) mass is 518 g/mol. The molecule has 0 bridgehead atoms. The second kappa shape index (κ2) is 10.4. The summed E-state index contributed by atoms with van der Waals surface area (Å²) < 4.78 is 2.49. The van der Waals surface area contributed by atoms with Crippen molar-refractivity contribution in [2.75, 3.05) is 28.6 Å². The van der Waals surface area contributed by atoms with E-state index in [9.17, 15) is 9.59 Å². The van der Waals surface area contributed by atoms with Crippen LogP contribution in [0.25, 0.3) is 5.69 Å². The van der Waals surface area contributed by atoms with Crippen LogP contribution in [0.2, 0.25) is 5.02 Å². The zero-order chi connectivity index (χ0) is 24.2. The van der Waals surface area contributed by atoms with Crippen molar-refractivity contribution in [3.8, 4) is 5.69 Å². The highest BCUT2D eigenvalue weighted by Gasteiger charge is 2.24. The summed E-state index contributed by atoms with van der Waals surface area (Å²) in [5.41, 5.74) is 2.62. The third-order valence-corrected chi connectivity index (χ3v) is 6.46. The Labute approximate surface area is 210 Å². The Morgan fingerprint density at radius 3 is 2.50 bits per heavy atom. The molecule has 34 heavy (non-hydrogen) atoms. The normalized spacial score (nSPS) is 15.7. The summed E-state index contributed by atoms with van der Waals surface area (Å²) in [5.74, 6) is -0.730. The van der Waals surface area contributed by atoms with E-state index in [2.05, 4.69) is 25.7 Å². The summed E-state index contributed by atoms with van der Waals surface area (Å²) in [4.78, 5) is 25.9. The number of H-pyrrole nitrogens is 2. The average Bonchev–Trinajstić information content (AvgIpc) is 3.13. The van der Waals surface area contributed by atoms with Crippen molar-refractivity contribution in [3.05, 3.63) is 57.0 Å². The first-order valence-electron chi connectivity index (χ1n) is 10.6. The van der Waals surface area contributed by atoms with E-state index in [0.29, 0.717) is 38.2 Å². The number of benzene rings is 2. The molecule has 0 saturated carbocycles. The van der Waals surface area contributed by atoms with E-state index in [1.54, 1.807) is 41.0 Å². The Hall–Kier alpha value is -3.15. The minimum Gasteiger partial charge on any atom is -0.481 e. The predicted molar refractivity (Wildman–Crippen MR) is 137 cm³/mol. The number of nitrogens with one attached hydrogen (secondary N) is 4. The van der Waals surface area contributed by atoms with Crippen molar-refractivity contribution in [1.29, 1.82) is 0 Å². The van der Waals surface area contributed by atoms with Crippen LogP contribution in [-0.4, -0.2) is 45.0 Å². The van der Waals surface area contributed by atoms with Crippen LogP contribution in [0.1, 0.15) is 19.3 Å². The molecule has 1 fully saturated rings. The molecule has 9 nitrogen and oxygen atoms in total. The Bertz CT molecular complexity index is 1310. The summed E-state index contributed by atoms with van der Waals surface area (Å²) in [6.45, 7) is 1.39. The van der Waals surface area contributed by atoms with Crippen LogP contribution < -0.4 is 15.5 Å². The maximum absolute atomic E-state index is 12.7. The van der Waals surface area contributed by atoms with Crippen LogP contribution in [0.4, 0.5) is 21.9 Å². The molecule has 0 radical (unpaired) electrons. The first-order valence-corrected chi connectivity index (χ1v) is 11.8. The molecule has 0 aliphatic carbocycles. The van der Waals surface area contributed by atoms with E-state index >= 15 is 0 Å². The molecule has 1 aromatic heterocycles. The van der Waals surface area contributed by atoms with Crippen molar-refractivity contribution in [1.82, 2.24) is 14.8 Å². The minimum atomic E-state index is -0.796. The summed E-state index contributed by atoms with van der Waals surface area (Å²) in [7, 11) is 0. The standard InChI is InChI=1S/C22H23ClN6O3S2/c23-17-7-6-15(11-18(17)28-8-2-3-13(12-28)9-19(30)31)25-20(32)24-14-4-1-5-16(10-14)29-21(33)26-27-22(29)34/h1,4-7,10-11,13H,2-3,8-9,12H2,(H,26,33)(H,27,34)(H,30,31)(H2,24,25,32). The number of hydrogen-bond donors (Lipinski definition) is 5. The molecule has 5 N–H and O–H groups in total. The smallest absolute Gasteiger partial charge is 0.323 e. The number of rotatable bonds is 6. The third kappa shape index (κ3) is 5.66.